The van der Waals surface area contributed by atoms with Crippen LogP contribution in [0, 0.1) is 0 Å². The van der Waals surface area contributed by atoms with Crippen molar-refractivity contribution in [3.63, 3.8) is 0 Å². The molecule has 0 atom stereocenters. The van der Waals surface area contributed by atoms with Gasteiger partial charge in [0.25, 0.3) is 0 Å². The first kappa shape index (κ1) is 22.9. The van der Waals surface area contributed by atoms with Crippen molar-refractivity contribution in [2.24, 2.45) is 0 Å². The maximum atomic E-state index is 12.5. The van der Waals surface area contributed by atoms with Crippen LogP contribution in [-0.4, -0.2) is 37.6 Å². The first-order valence-corrected chi connectivity index (χ1v) is 11.2. The number of imidazole rings is 1. The van der Waals surface area contributed by atoms with E-state index in [0.717, 1.165) is 21.8 Å². The number of benzene rings is 1. The summed E-state index contributed by atoms with van der Waals surface area (Å²) in [5, 5.41) is 8.73. The van der Waals surface area contributed by atoms with Crippen molar-refractivity contribution in [3.05, 3.63) is 53.8 Å². The molecule has 6 nitrogen and oxygen atoms in total. The van der Waals surface area contributed by atoms with Crippen LogP contribution in [0.5, 0.6) is 5.75 Å². The van der Waals surface area contributed by atoms with E-state index < -0.39 is 24.8 Å². The number of carbonyl (C=O) groups excluding carboxylic acids is 1. The summed E-state index contributed by atoms with van der Waals surface area (Å²) in [6.45, 7) is 3.76. The lowest BCUT2D eigenvalue weighted by Crippen LogP contribution is -2.12. The second-order valence-electron chi connectivity index (χ2n) is 7.89. The van der Waals surface area contributed by atoms with Gasteiger partial charge in [-0.05, 0) is 49.7 Å². The molecule has 3 aromatic heterocycles. The molecule has 0 saturated heterocycles. The third kappa shape index (κ3) is 5.75. The van der Waals surface area contributed by atoms with Crippen molar-refractivity contribution in [1.29, 1.82) is 0 Å². The lowest BCUT2D eigenvalue weighted by atomic mass is 10.0. The Morgan fingerprint density at radius 1 is 1.18 bits per heavy atom. The number of pyridine rings is 1. The number of nitrogens with zero attached hydrogens (tertiary/aromatic N) is 4. The van der Waals surface area contributed by atoms with Crippen LogP contribution in [0.25, 0.3) is 27.5 Å². The highest BCUT2D eigenvalue weighted by molar-refractivity contribution is 7.12. The van der Waals surface area contributed by atoms with Crippen molar-refractivity contribution in [3.8, 4) is 27.6 Å². The molecular formula is C23H21F3N4O2S. The Morgan fingerprint density at radius 3 is 2.70 bits per heavy atom. The molecule has 0 unspecified atom stereocenters. The van der Waals surface area contributed by atoms with Gasteiger partial charge < -0.3 is 4.74 Å². The number of ether oxygens (including phenoxy) is 1. The topological polar surface area (TPSA) is 69.4 Å². The van der Waals surface area contributed by atoms with Gasteiger partial charge in [-0.25, -0.2) is 4.98 Å². The molecular weight excluding hydrogens is 453 g/mol. The number of Topliss-reactive ketones (excluding diaryl/α,β-unsaturated/α-hetero) is 1. The number of fused-ring (bicyclic) bond motifs is 1. The van der Waals surface area contributed by atoms with Gasteiger partial charge in [0.1, 0.15) is 27.7 Å². The highest BCUT2D eigenvalue weighted by atomic mass is 32.1. The largest absolute Gasteiger partial charge is 0.491 e. The van der Waals surface area contributed by atoms with Gasteiger partial charge in [0, 0.05) is 30.2 Å². The first-order valence-electron chi connectivity index (χ1n) is 10.3. The maximum absolute atomic E-state index is 12.5. The van der Waals surface area contributed by atoms with E-state index in [2.05, 4.69) is 15.2 Å². The molecule has 0 saturated carbocycles. The molecule has 1 aromatic carbocycles. The summed E-state index contributed by atoms with van der Waals surface area (Å²) >= 11 is 1.43. The molecule has 0 N–H and O–H groups in total. The predicted octanol–water partition coefficient (Wildman–Crippen LogP) is 5.76. The zero-order valence-corrected chi connectivity index (χ0v) is 18.8. The van der Waals surface area contributed by atoms with Crippen molar-refractivity contribution in [2.45, 2.75) is 45.4 Å². The summed E-state index contributed by atoms with van der Waals surface area (Å²) in [5.41, 5.74) is 5.38. The van der Waals surface area contributed by atoms with Gasteiger partial charge in [0.15, 0.2) is 0 Å². The molecule has 0 aliphatic rings. The minimum absolute atomic E-state index is 0.101. The molecule has 3 heterocycles. The molecule has 0 spiro atoms. The number of rotatable bonds is 8. The fourth-order valence-corrected chi connectivity index (χ4v) is 4.03. The molecule has 10 heteroatoms. The Hall–Kier alpha value is -3.27. The van der Waals surface area contributed by atoms with Gasteiger partial charge in [-0.3, -0.25) is 9.20 Å². The number of ketones is 1. The van der Waals surface area contributed by atoms with Crippen LogP contribution in [0.15, 0.2) is 48.2 Å². The molecule has 33 heavy (non-hydrogen) atoms. The summed E-state index contributed by atoms with van der Waals surface area (Å²) in [5.74, 6) is 0.0707. The van der Waals surface area contributed by atoms with E-state index in [1.807, 2.05) is 42.6 Å². The maximum Gasteiger partial charge on any atom is 0.389 e. The fourth-order valence-electron chi connectivity index (χ4n) is 3.47. The van der Waals surface area contributed by atoms with Crippen molar-refractivity contribution in [2.75, 3.05) is 0 Å². The average Bonchev–Trinajstić information content (AvgIpc) is 3.40. The van der Waals surface area contributed by atoms with Crippen LogP contribution >= 0.6 is 11.3 Å². The summed E-state index contributed by atoms with van der Waals surface area (Å²) in [6.07, 6.45) is -2.64. The van der Waals surface area contributed by atoms with Crippen LogP contribution in [0.2, 0.25) is 0 Å². The number of halogens is 3. The van der Waals surface area contributed by atoms with E-state index in [0.29, 0.717) is 17.0 Å². The highest BCUT2D eigenvalue weighted by Crippen LogP contribution is 2.30. The van der Waals surface area contributed by atoms with Crippen LogP contribution < -0.4 is 4.74 Å². The first-order chi connectivity index (χ1) is 15.7. The molecule has 172 valence electrons. The minimum Gasteiger partial charge on any atom is -0.491 e. The van der Waals surface area contributed by atoms with E-state index in [1.165, 1.54) is 11.3 Å². The molecule has 0 fully saturated rings. The van der Waals surface area contributed by atoms with Gasteiger partial charge in [0.05, 0.1) is 24.4 Å². The van der Waals surface area contributed by atoms with Crippen molar-refractivity contribution < 1.29 is 22.7 Å². The number of carbonyl (C=O) groups is 1. The Balaban J connectivity index is 1.66. The molecule has 0 aliphatic heterocycles. The van der Waals surface area contributed by atoms with Gasteiger partial charge in [-0.2, -0.15) is 13.2 Å². The Bertz CT molecular complexity index is 1270. The smallest absolute Gasteiger partial charge is 0.389 e. The van der Waals surface area contributed by atoms with Crippen LogP contribution in [0.3, 0.4) is 0 Å². The summed E-state index contributed by atoms with van der Waals surface area (Å²) in [6, 6.07) is 9.15. The third-order valence-electron chi connectivity index (χ3n) is 4.84. The Kier molecular flexibility index (Phi) is 6.46. The van der Waals surface area contributed by atoms with Crippen LogP contribution in [0.1, 0.15) is 32.3 Å². The SMILES string of the molecule is CC(C)Oc1cc(CC(=O)CCC(F)(F)F)cc(-c2cnc3cc(-c4nncs4)ccn23)c1. The number of alkyl halides is 3. The second-order valence-corrected chi connectivity index (χ2v) is 8.73. The summed E-state index contributed by atoms with van der Waals surface area (Å²) in [7, 11) is 0. The average molecular weight is 475 g/mol. The van der Waals surface area contributed by atoms with Gasteiger partial charge in [-0.1, -0.05) is 11.3 Å². The highest BCUT2D eigenvalue weighted by Gasteiger charge is 2.27. The monoisotopic (exact) mass is 474 g/mol. The number of aromatic nitrogens is 4. The van der Waals surface area contributed by atoms with E-state index in [1.54, 1.807) is 23.8 Å². The normalized spacial score (nSPS) is 11.9. The van der Waals surface area contributed by atoms with Gasteiger partial charge in [-0.15, -0.1) is 10.2 Å². The lowest BCUT2D eigenvalue weighted by Gasteiger charge is -2.14. The van der Waals surface area contributed by atoms with E-state index in [-0.39, 0.29) is 12.5 Å². The van der Waals surface area contributed by atoms with Crippen LogP contribution in [-0.2, 0) is 11.2 Å². The van der Waals surface area contributed by atoms with E-state index >= 15 is 0 Å². The van der Waals surface area contributed by atoms with Gasteiger partial charge in [0.2, 0.25) is 0 Å². The van der Waals surface area contributed by atoms with E-state index in [9.17, 15) is 18.0 Å². The van der Waals surface area contributed by atoms with Crippen molar-refractivity contribution in [1.82, 2.24) is 19.6 Å². The zero-order chi connectivity index (χ0) is 23.6. The Morgan fingerprint density at radius 2 is 2.00 bits per heavy atom. The van der Waals surface area contributed by atoms with E-state index in [4.69, 9.17) is 4.74 Å². The standard InChI is InChI=1S/C23H21F3N4O2S/c1-14(2)32-19-9-15(8-18(31)3-5-23(24,25)26)7-17(10-19)20-12-27-21-11-16(4-6-30(20)21)22-29-28-13-33-22/h4,6-7,9-14H,3,5,8H2,1-2H3. The molecule has 4 aromatic rings. The number of hydrogen-bond donors (Lipinski definition) is 0. The lowest BCUT2D eigenvalue weighted by molar-refractivity contribution is -0.143. The Labute approximate surface area is 192 Å². The molecule has 0 radical (unpaired) electrons. The molecule has 0 bridgehead atoms. The minimum atomic E-state index is -4.35. The predicted molar refractivity (Wildman–Crippen MR) is 119 cm³/mol. The van der Waals surface area contributed by atoms with Crippen LogP contribution in [0.4, 0.5) is 13.2 Å². The summed E-state index contributed by atoms with van der Waals surface area (Å²) in [4.78, 5) is 16.7. The second kappa shape index (κ2) is 9.30. The fraction of sp³-hybridized carbons (Fsp3) is 0.304. The van der Waals surface area contributed by atoms with Crippen molar-refractivity contribution >= 4 is 22.8 Å². The summed E-state index contributed by atoms with van der Waals surface area (Å²) < 4.78 is 45.2. The molecule has 0 amide bonds. The number of hydrogen-bond acceptors (Lipinski definition) is 6. The van der Waals surface area contributed by atoms with Gasteiger partial charge >= 0.3 is 6.18 Å². The zero-order valence-electron chi connectivity index (χ0n) is 18.0. The molecule has 0 aliphatic carbocycles. The quantitative estimate of drug-likeness (QED) is 0.325. The molecule has 4 rings (SSSR count). The third-order valence-corrected chi connectivity index (χ3v) is 5.58.